The maximum atomic E-state index is 11.9. The summed E-state index contributed by atoms with van der Waals surface area (Å²) in [6.07, 6.45) is 2.19. The van der Waals surface area contributed by atoms with Gasteiger partial charge in [0, 0.05) is 38.2 Å². The van der Waals surface area contributed by atoms with E-state index in [1.165, 1.54) is 0 Å². The van der Waals surface area contributed by atoms with Gasteiger partial charge in [0.05, 0.1) is 12.2 Å². The predicted molar refractivity (Wildman–Crippen MR) is 65.8 cm³/mol. The quantitative estimate of drug-likeness (QED) is 0.803. The Bertz CT molecular complexity index is 431. The van der Waals surface area contributed by atoms with E-state index < -0.39 is 0 Å². The van der Waals surface area contributed by atoms with Crippen LogP contribution in [-0.4, -0.2) is 47.0 Å². The minimum atomic E-state index is 0.341. The lowest BCUT2D eigenvalue weighted by molar-refractivity contribution is -0.134. The van der Waals surface area contributed by atoms with E-state index in [2.05, 4.69) is 10.1 Å². The van der Waals surface area contributed by atoms with Crippen LogP contribution in [0.4, 0.5) is 0 Å². The van der Waals surface area contributed by atoms with E-state index in [1.54, 1.807) is 0 Å². The average Bonchev–Trinajstić information content (AvgIpc) is 3.14. The minimum absolute atomic E-state index is 0.341. The lowest BCUT2D eigenvalue weighted by Crippen LogP contribution is -2.48. The number of carbonyl (C=O) groups is 1. The molecule has 3 rings (SSSR count). The zero-order valence-corrected chi connectivity index (χ0v) is 10.8. The van der Waals surface area contributed by atoms with E-state index in [1.807, 2.05) is 17.9 Å². The number of nitrogens with zero attached hydrogens (tertiary/aromatic N) is 3. The van der Waals surface area contributed by atoms with Crippen LogP contribution >= 0.6 is 0 Å². The molecule has 1 amide bonds. The fourth-order valence-electron chi connectivity index (χ4n) is 2.43. The van der Waals surface area contributed by atoms with E-state index in [0.717, 1.165) is 57.0 Å². The summed E-state index contributed by atoms with van der Waals surface area (Å²) in [5.41, 5.74) is 0.924. The topological polar surface area (TPSA) is 49.6 Å². The molecule has 1 aliphatic carbocycles. The summed E-state index contributed by atoms with van der Waals surface area (Å²) in [6, 6.07) is 1.97. The summed E-state index contributed by atoms with van der Waals surface area (Å²) in [5.74, 6) is 1.62. The largest absolute Gasteiger partial charge is 0.360 e. The van der Waals surface area contributed by atoms with Gasteiger partial charge in [-0.1, -0.05) is 5.16 Å². The van der Waals surface area contributed by atoms with Gasteiger partial charge in [-0.15, -0.1) is 0 Å². The zero-order chi connectivity index (χ0) is 12.5. The molecule has 5 nitrogen and oxygen atoms in total. The summed E-state index contributed by atoms with van der Waals surface area (Å²) in [6.45, 7) is 6.28. The van der Waals surface area contributed by atoms with E-state index in [0.29, 0.717) is 11.8 Å². The second kappa shape index (κ2) is 4.72. The summed E-state index contributed by atoms with van der Waals surface area (Å²) in [7, 11) is 0. The third-order valence-electron chi connectivity index (χ3n) is 3.67. The number of hydrogen-bond acceptors (Lipinski definition) is 4. The number of hydrogen-bond donors (Lipinski definition) is 0. The van der Waals surface area contributed by atoms with E-state index in [9.17, 15) is 4.79 Å². The van der Waals surface area contributed by atoms with E-state index >= 15 is 0 Å². The molecule has 5 heteroatoms. The Morgan fingerprint density at radius 3 is 2.67 bits per heavy atom. The van der Waals surface area contributed by atoms with Crippen LogP contribution in [0, 0.1) is 12.8 Å². The van der Waals surface area contributed by atoms with Crippen LogP contribution in [0.15, 0.2) is 10.6 Å². The standard InChI is InChI=1S/C13H19N3O2/c1-10-8-12(18-14-10)9-15-4-6-16(7-5-15)13(17)11-2-3-11/h8,11H,2-7,9H2,1H3. The fraction of sp³-hybridized carbons (Fsp3) is 0.692. The van der Waals surface area contributed by atoms with Gasteiger partial charge in [-0.05, 0) is 19.8 Å². The van der Waals surface area contributed by atoms with Crippen molar-refractivity contribution in [3.05, 3.63) is 17.5 Å². The van der Waals surface area contributed by atoms with Crippen LogP contribution < -0.4 is 0 Å². The molecule has 1 aliphatic heterocycles. The molecule has 0 bridgehead atoms. The van der Waals surface area contributed by atoms with Gasteiger partial charge in [0.15, 0.2) is 5.76 Å². The lowest BCUT2D eigenvalue weighted by Gasteiger charge is -2.34. The van der Waals surface area contributed by atoms with Gasteiger partial charge in [0.2, 0.25) is 5.91 Å². The molecule has 0 spiro atoms. The van der Waals surface area contributed by atoms with Gasteiger partial charge in [-0.2, -0.15) is 0 Å². The number of rotatable bonds is 3. The third-order valence-corrected chi connectivity index (χ3v) is 3.67. The van der Waals surface area contributed by atoms with Crippen LogP contribution in [0.1, 0.15) is 24.3 Å². The summed E-state index contributed by atoms with van der Waals surface area (Å²) >= 11 is 0. The first kappa shape index (κ1) is 11.7. The number of carbonyl (C=O) groups excluding carboxylic acids is 1. The van der Waals surface area contributed by atoms with E-state index in [-0.39, 0.29) is 0 Å². The predicted octanol–water partition coefficient (Wildman–Crippen LogP) is 1.04. The van der Waals surface area contributed by atoms with Crippen LogP contribution in [0.25, 0.3) is 0 Å². The molecule has 0 unspecified atom stereocenters. The van der Waals surface area contributed by atoms with Crippen molar-refractivity contribution in [1.29, 1.82) is 0 Å². The smallest absolute Gasteiger partial charge is 0.225 e. The summed E-state index contributed by atoms with van der Waals surface area (Å²) in [5, 5.41) is 3.89. The van der Waals surface area contributed by atoms with Crippen molar-refractivity contribution in [2.45, 2.75) is 26.3 Å². The maximum Gasteiger partial charge on any atom is 0.225 e. The Morgan fingerprint density at radius 2 is 2.11 bits per heavy atom. The second-order valence-corrected chi connectivity index (χ2v) is 5.31. The third kappa shape index (κ3) is 2.56. The fourth-order valence-corrected chi connectivity index (χ4v) is 2.43. The van der Waals surface area contributed by atoms with Crippen LogP contribution in [0.2, 0.25) is 0 Å². The van der Waals surface area contributed by atoms with Crippen molar-refractivity contribution < 1.29 is 9.32 Å². The van der Waals surface area contributed by atoms with Gasteiger partial charge < -0.3 is 9.42 Å². The molecule has 1 saturated carbocycles. The molecular weight excluding hydrogens is 230 g/mol. The van der Waals surface area contributed by atoms with Crippen molar-refractivity contribution in [3.63, 3.8) is 0 Å². The van der Waals surface area contributed by atoms with Crippen LogP contribution in [0.5, 0.6) is 0 Å². The highest BCUT2D eigenvalue weighted by atomic mass is 16.5. The SMILES string of the molecule is Cc1cc(CN2CCN(C(=O)C3CC3)CC2)on1. The number of piperazine rings is 1. The van der Waals surface area contributed by atoms with Gasteiger partial charge >= 0.3 is 0 Å². The summed E-state index contributed by atoms with van der Waals surface area (Å²) < 4.78 is 5.22. The molecule has 2 aliphatic rings. The van der Waals surface area contributed by atoms with Gasteiger partial charge in [-0.3, -0.25) is 9.69 Å². The van der Waals surface area contributed by atoms with Crippen molar-refractivity contribution in [1.82, 2.24) is 15.0 Å². The highest BCUT2D eigenvalue weighted by Crippen LogP contribution is 2.31. The van der Waals surface area contributed by atoms with Gasteiger partial charge in [0.25, 0.3) is 0 Å². The van der Waals surface area contributed by atoms with Gasteiger partial charge in [0.1, 0.15) is 0 Å². The Balaban J connectivity index is 1.49. The molecule has 0 radical (unpaired) electrons. The Kier molecular flexibility index (Phi) is 3.07. The van der Waals surface area contributed by atoms with Crippen LogP contribution in [-0.2, 0) is 11.3 Å². The first-order valence-corrected chi connectivity index (χ1v) is 6.66. The number of aryl methyl sites for hydroxylation is 1. The molecule has 98 valence electrons. The lowest BCUT2D eigenvalue weighted by atomic mass is 10.2. The molecule has 1 saturated heterocycles. The molecule has 0 N–H and O–H groups in total. The van der Waals surface area contributed by atoms with Crippen molar-refractivity contribution >= 4 is 5.91 Å². The highest BCUT2D eigenvalue weighted by molar-refractivity contribution is 5.81. The molecular formula is C13H19N3O2. The van der Waals surface area contributed by atoms with Crippen molar-refractivity contribution in [2.24, 2.45) is 5.92 Å². The summed E-state index contributed by atoms with van der Waals surface area (Å²) in [4.78, 5) is 16.2. The zero-order valence-electron chi connectivity index (χ0n) is 10.8. The Hall–Kier alpha value is -1.36. The molecule has 2 fully saturated rings. The first-order valence-electron chi connectivity index (χ1n) is 6.66. The number of amides is 1. The number of aromatic nitrogens is 1. The molecule has 18 heavy (non-hydrogen) atoms. The molecule has 1 aromatic heterocycles. The average molecular weight is 249 g/mol. The van der Waals surface area contributed by atoms with Crippen molar-refractivity contribution in [3.8, 4) is 0 Å². The highest BCUT2D eigenvalue weighted by Gasteiger charge is 2.34. The molecule has 2 heterocycles. The van der Waals surface area contributed by atoms with Gasteiger partial charge in [-0.25, -0.2) is 0 Å². The first-order chi connectivity index (χ1) is 8.72. The normalized spacial score (nSPS) is 21.3. The maximum absolute atomic E-state index is 11.9. The molecule has 1 aromatic rings. The Labute approximate surface area is 107 Å². The molecule has 0 atom stereocenters. The van der Waals surface area contributed by atoms with E-state index in [4.69, 9.17) is 4.52 Å². The molecule has 0 aromatic carbocycles. The Morgan fingerprint density at radius 1 is 1.39 bits per heavy atom. The van der Waals surface area contributed by atoms with Crippen molar-refractivity contribution in [2.75, 3.05) is 26.2 Å². The monoisotopic (exact) mass is 249 g/mol. The van der Waals surface area contributed by atoms with Crippen LogP contribution in [0.3, 0.4) is 0 Å². The minimum Gasteiger partial charge on any atom is -0.360 e. The second-order valence-electron chi connectivity index (χ2n) is 5.31.